The Balaban J connectivity index is 4.48. The number of allylic oxidation sites excluding steroid dienone is 18. The van der Waals surface area contributed by atoms with E-state index in [0.29, 0.717) is 12.8 Å². The van der Waals surface area contributed by atoms with Gasteiger partial charge in [-0.3, -0.25) is 14.4 Å². The Bertz CT molecular complexity index is 1410. The second-order valence-corrected chi connectivity index (χ2v) is 18.3. The van der Waals surface area contributed by atoms with Gasteiger partial charge in [0, 0.05) is 19.3 Å². The molecule has 6 heteroatoms. The molecular weight excluding hydrogens is 841 g/mol. The Morgan fingerprint density at radius 1 is 0.309 bits per heavy atom. The number of esters is 3. The molecule has 0 amide bonds. The number of carbonyl (C=O) groups excluding carboxylic acids is 3. The summed E-state index contributed by atoms with van der Waals surface area (Å²) in [7, 11) is 0. The lowest BCUT2D eigenvalue weighted by Crippen LogP contribution is -2.30. The van der Waals surface area contributed by atoms with E-state index in [2.05, 4.69) is 75.5 Å². The molecule has 0 aliphatic carbocycles. The van der Waals surface area contributed by atoms with Gasteiger partial charge in [-0.15, -0.1) is 0 Å². The molecule has 0 aliphatic heterocycles. The Morgan fingerprint density at radius 2 is 0.588 bits per heavy atom. The highest BCUT2D eigenvalue weighted by atomic mass is 16.6. The molecule has 0 saturated carbocycles. The van der Waals surface area contributed by atoms with E-state index in [0.717, 1.165) is 77.0 Å². The Kier molecular flexibility index (Phi) is 52.4. The van der Waals surface area contributed by atoms with Gasteiger partial charge in [0.1, 0.15) is 13.2 Å². The van der Waals surface area contributed by atoms with Crippen LogP contribution >= 0.6 is 0 Å². The van der Waals surface area contributed by atoms with Crippen LogP contribution in [0.15, 0.2) is 109 Å². The molecule has 68 heavy (non-hydrogen) atoms. The second kappa shape index (κ2) is 55.7. The molecule has 0 aromatic heterocycles. The Morgan fingerprint density at radius 3 is 0.985 bits per heavy atom. The van der Waals surface area contributed by atoms with Crippen molar-refractivity contribution in [2.24, 2.45) is 0 Å². The lowest BCUT2D eigenvalue weighted by Gasteiger charge is -2.18. The van der Waals surface area contributed by atoms with Crippen molar-refractivity contribution in [3.63, 3.8) is 0 Å². The maximum absolute atomic E-state index is 12.8. The van der Waals surface area contributed by atoms with E-state index < -0.39 is 6.10 Å². The van der Waals surface area contributed by atoms with Crippen LogP contribution in [0, 0.1) is 0 Å². The van der Waals surface area contributed by atoms with Crippen LogP contribution in [0.2, 0.25) is 0 Å². The third-order valence-corrected chi connectivity index (χ3v) is 11.7. The molecule has 386 valence electrons. The first-order valence-electron chi connectivity index (χ1n) is 28.0. The Labute approximate surface area is 419 Å². The zero-order chi connectivity index (χ0) is 49.3. The number of rotatable bonds is 49. The summed E-state index contributed by atoms with van der Waals surface area (Å²) in [6.07, 6.45) is 75.1. The smallest absolute Gasteiger partial charge is 0.306 e. The van der Waals surface area contributed by atoms with Gasteiger partial charge >= 0.3 is 17.9 Å². The average molecular weight is 943 g/mol. The predicted molar refractivity (Wildman–Crippen MR) is 293 cm³/mol. The highest BCUT2D eigenvalue weighted by Crippen LogP contribution is 2.16. The third-order valence-electron chi connectivity index (χ3n) is 11.7. The normalized spacial score (nSPS) is 12.9. The van der Waals surface area contributed by atoms with Crippen molar-refractivity contribution in [3.05, 3.63) is 109 Å². The lowest BCUT2D eigenvalue weighted by molar-refractivity contribution is -0.167. The molecule has 0 aliphatic rings. The van der Waals surface area contributed by atoms with Gasteiger partial charge in [0.15, 0.2) is 6.10 Å². The molecule has 0 N–H and O–H groups in total. The second-order valence-electron chi connectivity index (χ2n) is 18.3. The van der Waals surface area contributed by atoms with Gasteiger partial charge < -0.3 is 14.2 Å². The molecule has 1 unspecified atom stereocenters. The van der Waals surface area contributed by atoms with Crippen molar-refractivity contribution >= 4 is 17.9 Å². The van der Waals surface area contributed by atoms with E-state index in [1.54, 1.807) is 0 Å². The quantitative estimate of drug-likeness (QED) is 0.0262. The van der Waals surface area contributed by atoms with Crippen LogP contribution in [0.3, 0.4) is 0 Å². The number of unbranched alkanes of at least 4 members (excludes halogenated alkanes) is 27. The molecule has 0 radical (unpaired) electrons. The summed E-state index contributed by atoms with van der Waals surface area (Å²) in [5.74, 6) is -1.01. The molecule has 0 spiro atoms. The van der Waals surface area contributed by atoms with Gasteiger partial charge in [-0.05, 0) is 57.8 Å². The minimum Gasteiger partial charge on any atom is -0.462 e. The first-order valence-corrected chi connectivity index (χ1v) is 28.0. The minimum absolute atomic E-state index is 0.110. The maximum Gasteiger partial charge on any atom is 0.306 e. The standard InChI is InChI=1S/C62H102O6/c1-4-7-10-13-16-19-22-25-27-29-31-33-34-37-40-43-46-49-52-55-61(64)67-58-59(57-66-60(63)54-51-48-45-42-39-36-24-21-18-15-12-9-6-3)68-62(65)56-53-50-47-44-41-38-35-32-30-28-26-23-20-17-14-11-8-5-2/h9,12,15,17-18,20-21,23-24,26,28,30,32,35-36,39,42,45,59H,4-8,10-11,13-14,16,19,22,25,27,29,31,33-34,37-38,40-41,43-44,46-58H2,1-3H3/b12-9+,18-15+,20-17+,24-21+,26-23+,30-28+,35-32+,39-36+,45-42+. The molecular formula is C62H102O6. The van der Waals surface area contributed by atoms with Gasteiger partial charge in [-0.2, -0.15) is 0 Å². The summed E-state index contributed by atoms with van der Waals surface area (Å²) in [5, 5.41) is 0. The summed E-state index contributed by atoms with van der Waals surface area (Å²) in [4.78, 5) is 38.1. The highest BCUT2D eigenvalue weighted by Gasteiger charge is 2.19. The van der Waals surface area contributed by atoms with Crippen molar-refractivity contribution in [2.45, 2.75) is 252 Å². The topological polar surface area (TPSA) is 78.9 Å². The third kappa shape index (κ3) is 53.0. The van der Waals surface area contributed by atoms with Crippen LogP contribution in [-0.2, 0) is 28.6 Å². The van der Waals surface area contributed by atoms with Gasteiger partial charge in [0.25, 0.3) is 0 Å². The van der Waals surface area contributed by atoms with E-state index >= 15 is 0 Å². The van der Waals surface area contributed by atoms with E-state index in [1.807, 2.05) is 54.7 Å². The molecule has 0 heterocycles. The fraction of sp³-hybridized carbons (Fsp3) is 0.661. The van der Waals surface area contributed by atoms with Gasteiger partial charge in [-0.25, -0.2) is 0 Å². The first-order chi connectivity index (χ1) is 33.5. The van der Waals surface area contributed by atoms with Crippen LogP contribution in [0.25, 0.3) is 0 Å². The van der Waals surface area contributed by atoms with Gasteiger partial charge in [0.05, 0.1) is 0 Å². The van der Waals surface area contributed by atoms with Crippen molar-refractivity contribution in [3.8, 4) is 0 Å². The molecule has 0 bridgehead atoms. The van der Waals surface area contributed by atoms with Crippen LogP contribution in [0.1, 0.15) is 245 Å². The summed E-state index contributed by atoms with van der Waals surface area (Å²) >= 11 is 0. The van der Waals surface area contributed by atoms with E-state index in [1.165, 1.54) is 122 Å². The van der Waals surface area contributed by atoms with Crippen LogP contribution in [-0.4, -0.2) is 37.2 Å². The molecule has 6 nitrogen and oxygen atoms in total. The first kappa shape index (κ1) is 64.1. The SMILES string of the molecule is CC/C=C/C=C/C=C/C=C/C=C/CCCC(=O)OCC(COC(=O)CCCCCCCCCCCCCCCCCCCCC)OC(=O)CCCCCCC/C=C/C=C/C=C/C=C/CCCCC. The number of hydrogen-bond donors (Lipinski definition) is 0. The zero-order valence-corrected chi connectivity index (χ0v) is 44.1. The van der Waals surface area contributed by atoms with Crippen molar-refractivity contribution in [1.29, 1.82) is 0 Å². The number of hydrogen-bond acceptors (Lipinski definition) is 6. The highest BCUT2D eigenvalue weighted by molar-refractivity contribution is 5.71. The number of carbonyl (C=O) groups is 3. The van der Waals surface area contributed by atoms with Gasteiger partial charge in [-0.1, -0.05) is 278 Å². The summed E-state index contributed by atoms with van der Waals surface area (Å²) < 4.78 is 16.8. The Hall–Kier alpha value is -3.93. The van der Waals surface area contributed by atoms with Crippen molar-refractivity contribution in [1.82, 2.24) is 0 Å². The van der Waals surface area contributed by atoms with E-state index in [4.69, 9.17) is 14.2 Å². The van der Waals surface area contributed by atoms with E-state index in [-0.39, 0.29) is 44.0 Å². The van der Waals surface area contributed by atoms with Crippen LogP contribution in [0.4, 0.5) is 0 Å². The zero-order valence-electron chi connectivity index (χ0n) is 44.1. The summed E-state index contributed by atoms with van der Waals surface area (Å²) in [5.41, 5.74) is 0. The van der Waals surface area contributed by atoms with Crippen LogP contribution < -0.4 is 0 Å². The van der Waals surface area contributed by atoms with Crippen LogP contribution in [0.5, 0.6) is 0 Å². The maximum atomic E-state index is 12.8. The fourth-order valence-electron chi connectivity index (χ4n) is 7.54. The predicted octanol–water partition coefficient (Wildman–Crippen LogP) is 18.7. The summed E-state index contributed by atoms with van der Waals surface area (Å²) in [6.45, 7) is 6.38. The summed E-state index contributed by atoms with van der Waals surface area (Å²) in [6, 6.07) is 0. The van der Waals surface area contributed by atoms with Crippen molar-refractivity contribution < 1.29 is 28.6 Å². The monoisotopic (exact) mass is 943 g/mol. The van der Waals surface area contributed by atoms with E-state index in [9.17, 15) is 14.4 Å². The number of ether oxygens (including phenoxy) is 3. The average Bonchev–Trinajstić information content (AvgIpc) is 3.34. The largest absolute Gasteiger partial charge is 0.462 e. The van der Waals surface area contributed by atoms with Gasteiger partial charge in [0.2, 0.25) is 0 Å². The molecule has 0 aromatic carbocycles. The molecule has 0 saturated heterocycles. The molecule has 0 rings (SSSR count). The fourth-order valence-corrected chi connectivity index (χ4v) is 7.54. The van der Waals surface area contributed by atoms with Crippen molar-refractivity contribution in [2.75, 3.05) is 13.2 Å². The molecule has 1 atom stereocenters. The molecule has 0 aromatic rings. The lowest BCUT2D eigenvalue weighted by atomic mass is 10.0. The minimum atomic E-state index is -0.820. The molecule has 0 fully saturated rings.